The zero-order chi connectivity index (χ0) is 20.0. The molecule has 3 rings (SSSR count). The molecule has 0 saturated carbocycles. The van der Waals surface area contributed by atoms with Crippen LogP contribution in [-0.2, 0) is 27.7 Å². The minimum atomic E-state index is -3.47. The molecule has 0 aliphatic rings. The van der Waals surface area contributed by atoms with Gasteiger partial charge in [-0.3, -0.25) is 9.48 Å². The first-order valence-corrected chi connectivity index (χ1v) is 10.7. The third-order valence-electron chi connectivity index (χ3n) is 4.46. The van der Waals surface area contributed by atoms with Crippen LogP contribution >= 0.6 is 0 Å². The summed E-state index contributed by atoms with van der Waals surface area (Å²) in [5.74, 6) is -0.499. The van der Waals surface area contributed by atoms with Gasteiger partial charge in [0, 0.05) is 25.4 Å². The molecule has 28 heavy (non-hydrogen) atoms. The van der Waals surface area contributed by atoms with Gasteiger partial charge in [0.1, 0.15) is 0 Å². The van der Waals surface area contributed by atoms with E-state index in [0.29, 0.717) is 13.1 Å². The van der Waals surface area contributed by atoms with Crippen LogP contribution < -0.4 is 5.32 Å². The summed E-state index contributed by atoms with van der Waals surface area (Å²) in [7, 11) is -3.47. The van der Waals surface area contributed by atoms with Crippen molar-refractivity contribution in [2.45, 2.75) is 31.3 Å². The van der Waals surface area contributed by atoms with Crippen LogP contribution in [0.2, 0.25) is 0 Å². The van der Waals surface area contributed by atoms with Crippen LogP contribution in [-0.4, -0.2) is 29.9 Å². The highest BCUT2D eigenvalue weighted by Gasteiger charge is 2.16. The van der Waals surface area contributed by atoms with Crippen LogP contribution in [0.4, 0.5) is 0 Å². The molecule has 0 fully saturated rings. The van der Waals surface area contributed by atoms with Gasteiger partial charge < -0.3 is 5.32 Å². The predicted octanol–water partition coefficient (Wildman–Crippen LogP) is 2.72. The van der Waals surface area contributed by atoms with E-state index in [2.05, 4.69) is 10.4 Å². The average Bonchev–Trinajstić information content (AvgIpc) is 3.19. The third kappa shape index (κ3) is 5.29. The lowest BCUT2D eigenvalue weighted by Gasteiger charge is -2.11. The molecule has 0 unspecified atom stereocenters. The van der Waals surface area contributed by atoms with Gasteiger partial charge in [0.05, 0.1) is 17.2 Å². The summed E-state index contributed by atoms with van der Waals surface area (Å²) in [6.07, 6.45) is 3.53. The highest BCUT2D eigenvalue weighted by molar-refractivity contribution is 7.91. The number of amides is 1. The van der Waals surface area contributed by atoms with Crippen LogP contribution in [0.1, 0.15) is 23.1 Å². The van der Waals surface area contributed by atoms with Gasteiger partial charge >= 0.3 is 0 Å². The fraction of sp³-hybridized carbons (Fsp3) is 0.238. The van der Waals surface area contributed by atoms with Crippen LogP contribution in [0, 0.1) is 6.92 Å². The van der Waals surface area contributed by atoms with Crippen molar-refractivity contribution >= 4 is 15.7 Å². The van der Waals surface area contributed by atoms with E-state index < -0.39 is 9.84 Å². The van der Waals surface area contributed by atoms with Crippen molar-refractivity contribution in [3.05, 3.63) is 83.7 Å². The number of aryl methyl sites for hydroxylation is 1. The third-order valence-corrected chi connectivity index (χ3v) is 6.20. The number of carbonyl (C=O) groups is 1. The number of sulfone groups is 1. The Balaban J connectivity index is 1.55. The lowest BCUT2D eigenvalue weighted by Crippen LogP contribution is -2.25. The number of rotatable bonds is 8. The maximum Gasteiger partial charge on any atom is 0.221 e. The zero-order valence-corrected chi connectivity index (χ0v) is 16.5. The predicted molar refractivity (Wildman–Crippen MR) is 107 cm³/mol. The number of nitrogens with one attached hydrogen (secondary N) is 1. The second kappa shape index (κ2) is 8.84. The number of aromatic nitrogens is 2. The van der Waals surface area contributed by atoms with Crippen molar-refractivity contribution in [1.29, 1.82) is 0 Å². The van der Waals surface area contributed by atoms with E-state index in [1.807, 2.05) is 48.1 Å². The Hall–Kier alpha value is -2.93. The first kappa shape index (κ1) is 19.8. The van der Waals surface area contributed by atoms with E-state index >= 15 is 0 Å². The first-order valence-electron chi connectivity index (χ1n) is 9.04. The molecule has 0 radical (unpaired) electrons. The largest absolute Gasteiger partial charge is 0.352 e. The molecule has 1 N–H and O–H groups in total. The van der Waals surface area contributed by atoms with E-state index in [-0.39, 0.29) is 23.0 Å². The van der Waals surface area contributed by atoms with Crippen LogP contribution in [0.25, 0.3) is 0 Å². The van der Waals surface area contributed by atoms with Gasteiger partial charge in [-0.05, 0) is 36.2 Å². The molecular weight excluding hydrogens is 374 g/mol. The van der Waals surface area contributed by atoms with E-state index in [9.17, 15) is 13.2 Å². The molecule has 6 nitrogen and oxygen atoms in total. The van der Waals surface area contributed by atoms with Crippen molar-refractivity contribution in [3.63, 3.8) is 0 Å². The summed E-state index contributed by atoms with van der Waals surface area (Å²) in [6.45, 7) is 2.86. The molecular formula is C21H23N3O3S. The summed E-state index contributed by atoms with van der Waals surface area (Å²) < 4.78 is 26.5. The molecule has 3 aromatic rings. The zero-order valence-electron chi connectivity index (χ0n) is 15.7. The Bertz CT molecular complexity index is 1030. The Morgan fingerprint density at radius 2 is 1.75 bits per heavy atom. The molecule has 0 saturated heterocycles. The molecule has 0 aliphatic carbocycles. The van der Waals surface area contributed by atoms with Gasteiger partial charge in [0.2, 0.25) is 5.91 Å². The monoisotopic (exact) mass is 397 g/mol. The van der Waals surface area contributed by atoms with Crippen molar-refractivity contribution in [2.75, 3.05) is 5.75 Å². The minimum Gasteiger partial charge on any atom is -0.352 e. The van der Waals surface area contributed by atoms with Crippen molar-refractivity contribution in [3.8, 4) is 0 Å². The Morgan fingerprint density at radius 3 is 2.43 bits per heavy atom. The smallest absolute Gasteiger partial charge is 0.221 e. The molecule has 0 aliphatic heterocycles. The first-order chi connectivity index (χ1) is 13.4. The fourth-order valence-corrected chi connectivity index (χ4v) is 4.07. The normalized spacial score (nSPS) is 11.3. The van der Waals surface area contributed by atoms with Crippen LogP contribution in [0.5, 0.6) is 0 Å². The summed E-state index contributed by atoms with van der Waals surface area (Å²) in [5.41, 5.74) is 3.02. The number of hydrogen-bond acceptors (Lipinski definition) is 4. The molecule has 1 aromatic heterocycles. The number of nitrogens with zero attached hydrogens (tertiary/aromatic N) is 2. The molecule has 146 valence electrons. The van der Waals surface area contributed by atoms with Gasteiger partial charge in [-0.2, -0.15) is 5.10 Å². The highest BCUT2D eigenvalue weighted by atomic mass is 32.2. The van der Waals surface area contributed by atoms with Crippen molar-refractivity contribution < 1.29 is 13.2 Å². The highest BCUT2D eigenvalue weighted by Crippen LogP contribution is 2.14. The maximum atomic E-state index is 12.4. The van der Waals surface area contributed by atoms with E-state index in [0.717, 1.165) is 16.7 Å². The number of benzene rings is 2. The molecule has 7 heteroatoms. The topological polar surface area (TPSA) is 81.1 Å². The molecule has 0 spiro atoms. The van der Waals surface area contributed by atoms with E-state index in [1.165, 1.54) is 0 Å². The summed E-state index contributed by atoms with van der Waals surface area (Å²) in [4.78, 5) is 12.4. The minimum absolute atomic E-state index is 0.0719. The quantitative estimate of drug-likeness (QED) is 0.634. The molecule has 1 amide bonds. The summed E-state index contributed by atoms with van der Waals surface area (Å²) in [6, 6.07) is 16.3. The maximum absolute atomic E-state index is 12.4. The number of hydrogen-bond donors (Lipinski definition) is 1. The molecule has 0 atom stereocenters. The Labute approximate surface area is 165 Å². The number of carbonyl (C=O) groups excluding carboxylic acids is 1. The lowest BCUT2D eigenvalue weighted by molar-refractivity contribution is -0.120. The van der Waals surface area contributed by atoms with Gasteiger partial charge in [0.25, 0.3) is 0 Å². The fourth-order valence-electron chi connectivity index (χ4n) is 2.83. The Morgan fingerprint density at radius 1 is 1.04 bits per heavy atom. The van der Waals surface area contributed by atoms with Gasteiger partial charge in [-0.25, -0.2) is 8.42 Å². The van der Waals surface area contributed by atoms with Gasteiger partial charge in [0.15, 0.2) is 9.84 Å². The summed E-state index contributed by atoms with van der Waals surface area (Å²) >= 11 is 0. The van der Waals surface area contributed by atoms with Gasteiger partial charge in [-0.1, -0.05) is 42.0 Å². The average molecular weight is 398 g/mol. The lowest BCUT2D eigenvalue weighted by atomic mass is 10.1. The molecule has 1 heterocycles. The second-order valence-corrected chi connectivity index (χ2v) is 8.74. The van der Waals surface area contributed by atoms with Crippen molar-refractivity contribution in [2.24, 2.45) is 0 Å². The molecule has 0 bridgehead atoms. The van der Waals surface area contributed by atoms with Crippen LogP contribution in [0.3, 0.4) is 0 Å². The van der Waals surface area contributed by atoms with E-state index in [1.54, 1.807) is 30.5 Å². The molecule has 2 aromatic carbocycles. The standard InChI is InChI=1S/C21H23N3O3S/c1-17-7-9-20(10-8-17)28(26,27)14-11-21(25)22-15-18-5-2-3-6-19(18)16-24-13-4-12-23-24/h2-10,12-13H,11,14-16H2,1H3,(H,22,25). The SMILES string of the molecule is Cc1ccc(S(=O)(=O)CCC(=O)NCc2ccccc2Cn2cccn2)cc1. The summed E-state index contributed by atoms with van der Waals surface area (Å²) in [5, 5.41) is 7.02. The Kier molecular flexibility index (Phi) is 6.26. The van der Waals surface area contributed by atoms with Gasteiger partial charge in [-0.15, -0.1) is 0 Å². The second-order valence-electron chi connectivity index (χ2n) is 6.63. The van der Waals surface area contributed by atoms with Crippen LogP contribution in [0.15, 0.2) is 71.9 Å². The van der Waals surface area contributed by atoms with Crippen molar-refractivity contribution in [1.82, 2.24) is 15.1 Å². The van der Waals surface area contributed by atoms with E-state index in [4.69, 9.17) is 0 Å².